The summed E-state index contributed by atoms with van der Waals surface area (Å²) in [7, 11) is 0. The van der Waals surface area contributed by atoms with E-state index in [2.05, 4.69) is 0 Å². The number of rotatable bonds is 5. The van der Waals surface area contributed by atoms with E-state index in [4.69, 9.17) is 11.6 Å². The van der Waals surface area contributed by atoms with Crippen molar-refractivity contribution in [1.29, 1.82) is 0 Å². The molecule has 0 bridgehead atoms. The lowest BCUT2D eigenvalue weighted by atomic mass is 10.0. The first kappa shape index (κ1) is 19.9. The van der Waals surface area contributed by atoms with Crippen molar-refractivity contribution in [2.24, 2.45) is 0 Å². The van der Waals surface area contributed by atoms with Crippen molar-refractivity contribution >= 4 is 40.4 Å². The van der Waals surface area contributed by atoms with Gasteiger partial charge < -0.3 is 4.90 Å². The Morgan fingerprint density at radius 3 is 2.10 bits per heavy atom. The van der Waals surface area contributed by atoms with Gasteiger partial charge in [0.25, 0.3) is 11.8 Å². The molecule has 0 spiro atoms. The number of hydrogen-bond acceptors (Lipinski definition) is 3. The molecule has 3 aromatic rings. The zero-order valence-electron chi connectivity index (χ0n) is 16.2. The number of hydrogen-bond donors (Lipinski definition) is 0. The van der Waals surface area contributed by atoms with Crippen LogP contribution in [-0.2, 0) is 9.59 Å². The summed E-state index contributed by atoms with van der Waals surface area (Å²) in [6.07, 6.45) is 0. The zero-order chi connectivity index (χ0) is 21.3. The van der Waals surface area contributed by atoms with Crippen molar-refractivity contribution in [3.05, 3.63) is 101 Å². The van der Waals surface area contributed by atoms with Crippen LogP contribution in [0.2, 0.25) is 5.02 Å². The summed E-state index contributed by atoms with van der Waals surface area (Å²) in [6, 6.07) is 21.5. The van der Waals surface area contributed by atoms with Gasteiger partial charge in [-0.2, -0.15) is 0 Å². The molecule has 1 heterocycles. The van der Waals surface area contributed by atoms with Gasteiger partial charge in [0, 0.05) is 17.3 Å². The van der Waals surface area contributed by atoms with E-state index < -0.39 is 17.6 Å². The van der Waals surface area contributed by atoms with Gasteiger partial charge in [0.05, 0.1) is 11.3 Å². The van der Waals surface area contributed by atoms with Crippen LogP contribution in [0.1, 0.15) is 12.5 Å². The number of anilines is 2. The molecule has 0 unspecified atom stereocenters. The number of benzene rings is 3. The standard InChI is InChI=1S/C24H18ClFN2O2/c1-2-27(19-6-4-3-5-7-19)22-21(16-8-12-18(26)13-9-16)23(29)28(24(22)30)20-14-10-17(25)11-15-20/h3-15H,2H2,1H3. The summed E-state index contributed by atoms with van der Waals surface area (Å²) in [6.45, 7) is 2.38. The third-order valence-electron chi connectivity index (χ3n) is 4.93. The fraction of sp³-hybridized carbons (Fsp3) is 0.0833. The van der Waals surface area contributed by atoms with Crippen molar-refractivity contribution in [3.63, 3.8) is 0 Å². The highest BCUT2D eigenvalue weighted by Crippen LogP contribution is 2.36. The van der Waals surface area contributed by atoms with Crippen molar-refractivity contribution in [2.75, 3.05) is 16.3 Å². The number of carbonyl (C=O) groups is 2. The molecular weight excluding hydrogens is 403 g/mol. The highest BCUT2D eigenvalue weighted by atomic mass is 35.5. The molecule has 1 aliphatic heterocycles. The van der Waals surface area contributed by atoms with Crippen LogP contribution in [0.4, 0.5) is 15.8 Å². The van der Waals surface area contributed by atoms with E-state index in [1.807, 2.05) is 37.3 Å². The molecule has 1 aliphatic rings. The van der Waals surface area contributed by atoms with Gasteiger partial charge in [-0.3, -0.25) is 9.59 Å². The number of imide groups is 1. The number of para-hydroxylation sites is 1. The highest BCUT2D eigenvalue weighted by molar-refractivity contribution is 6.46. The second kappa shape index (κ2) is 8.13. The van der Waals surface area contributed by atoms with Crippen LogP contribution >= 0.6 is 11.6 Å². The summed E-state index contributed by atoms with van der Waals surface area (Å²) in [5.41, 5.74) is 2.19. The summed E-state index contributed by atoms with van der Waals surface area (Å²) in [5.74, 6) is -1.31. The summed E-state index contributed by atoms with van der Waals surface area (Å²) < 4.78 is 13.5. The summed E-state index contributed by atoms with van der Waals surface area (Å²) >= 11 is 5.97. The van der Waals surface area contributed by atoms with Crippen molar-refractivity contribution in [3.8, 4) is 0 Å². The maximum Gasteiger partial charge on any atom is 0.282 e. The Balaban J connectivity index is 1.90. The minimum atomic E-state index is -0.460. The van der Waals surface area contributed by atoms with Crippen LogP contribution in [0, 0.1) is 5.82 Å². The quantitative estimate of drug-likeness (QED) is 0.526. The number of nitrogens with zero attached hydrogens (tertiary/aromatic N) is 2. The second-order valence-corrected chi connectivity index (χ2v) is 7.17. The molecule has 3 aromatic carbocycles. The average Bonchev–Trinajstić information content (AvgIpc) is 3.01. The molecule has 6 heteroatoms. The normalized spacial score (nSPS) is 13.9. The molecule has 150 valence electrons. The van der Waals surface area contributed by atoms with Crippen molar-refractivity contribution in [2.45, 2.75) is 6.92 Å². The summed E-state index contributed by atoms with van der Waals surface area (Å²) in [4.78, 5) is 29.9. The van der Waals surface area contributed by atoms with Gasteiger partial charge in [-0.1, -0.05) is 41.9 Å². The highest BCUT2D eigenvalue weighted by Gasteiger charge is 2.42. The summed E-state index contributed by atoms with van der Waals surface area (Å²) in [5, 5.41) is 0.504. The third-order valence-corrected chi connectivity index (χ3v) is 5.18. The van der Waals surface area contributed by atoms with Crippen LogP contribution < -0.4 is 9.80 Å². The fourth-order valence-corrected chi connectivity index (χ4v) is 3.67. The largest absolute Gasteiger partial charge is 0.337 e. The minimum Gasteiger partial charge on any atom is -0.337 e. The van der Waals surface area contributed by atoms with Crippen LogP contribution in [0.3, 0.4) is 0 Å². The molecule has 0 N–H and O–H groups in total. The Hall–Kier alpha value is -3.44. The zero-order valence-corrected chi connectivity index (χ0v) is 16.9. The van der Waals surface area contributed by atoms with Crippen LogP contribution in [0.5, 0.6) is 0 Å². The van der Waals surface area contributed by atoms with E-state index in [0.29, 0.717) is 22.8 Å². The smallest absolute Gasteiger partial charge is 0.282 e. The molecule has 0 saturated heterocycles. The first-order chi connectivity index (χ1) is 14.5. The molecule has 4 rings (SSSR count). The Kier molecular flexibility index (Phi) is 5.38. The monoisotopic (exact) mass is 420 g/mol. The van der Waals surface area contributed by atoms with E-state index in [1.165, 1.54) is 24.3 Å². The number of carbonyl (C=O) groups excluding carboxylic acids is 2. The molecular formula is C24H18ClFN2O2. The predicted octanol–water partition coefficient (Wildman–Crippen LogP) is 5.29. The van der Waals surface area contributed by atoms with E-state index in [-0.39, 0.29) is 11.3 Å². The average molecular weight is 421 g/mol. The molecule has 0 fully saturated rings. The van der Waals surface area contributed by atoms with Gasteiger partial charge in [0.2, 0.25) is 0 Å². The topological polar surface area (TPSA) is 40.6 Å². The van der Waals surface area contributed by atoms with Crippen LogP contribution in [-0.4, -0.2) is 18.4 Å². The Morgan fingerprint density at radius 1 is 0.867 bits per heavy atom. The fourth-order valence-electron chi connectivity index (χ4n) is 3.55. The lowest BCUT2D eigenvalue weighted by molar-refractivity contribution is -0.120. The van der Waals surface area contributed by atoms with Gasteiger partial charge in [-0.15, -0.1) is 0 Å². The Bertz CT molecular complexity index is 1130. The molecule has 0 radical (unpaired) electrons. The first-order valence-corrected chi connectivity index (χ1v) is 9.86. The van der Waals surface area contributed by atoms with E-state index in [0.717, 1.165) is 10.6 Å². The van der Waals surface area contributed by atoms with Crippen LogP contribution in [0.15, 0.2) is 84.6 Å². The minimum absolute atomic E-state index is 0.237. The van der Waals surface area contributed by atoms with E-state index in [9.17, 15) is 14.0 Å². The SMILES string of the molecule is CCN(C1=C(c2ccc(F)cc2)C(=O)N(c2ccc(Cl)cc2)C1=O)c1ccccc1. The van der Waals surface area contributed by atoms with Crippen LogP contribution in [0.25, 0.3) is 5.57 Å². The molecule has 0 aliphatic carbocycles. The van der Waals surface area contributed by atoms with Crippen molar-refractivity contribution < 1.29 is 14.0 Å². The van der Waals surface area contributed by atoms with E-state index >= 15 is 0 Å². The molecule has 2 amide bonds. The predicted molar refractivity (Wildman–Crippen MR) is 117 cm³/mol. The number of likely N-dealkylation sites (N-methyl/N-ethyl adjacent to an activating group) is 1. The van der Waals surface area contributed by atoms with Gasteiger partial charge in [0.1, 0.15) is 11.5 Å². The lowest BCUT2D eigenvalue weighted by Crippen LogP contribution is -2.35. The Labute approximate surface area is 178 Å². The van der Waals surface area contributed by atoms with Gasteiger partial charge >= 0.3 is 0 Å². The number of amides is 2. The molecule has 0 atom stereocenters. The maximum absolute atomic E-state index is 13.5. The molecule has 30 heavy (non-hydrogen) atoms. The molecule has 0 aromatic heterocycles. The van der Waals surface area contributed by atoms with Gasteiger partial charge in [-0.05, 0) is 61.0 Å². The first-order valence-electron chi connectivity index (χ1n) is 9.48. The third kappa shape index (κ3) is 3.48. The van der Waals surface area contributed by atoms with E-state index in [1.54, 1.807) is 29.2 Å². The molecule has 0 saturated carbocycles. The van der Waals surface area contributed by atoms with Gasteiger partial charge in [0.15, 0.2) is 0 Å². The Morgan fingerprint density at radius 2 is 1.50 bits per heavy atom. The lowest BCUT2D eigenvalue weighted by Gasteiger charge is -2.25. The number of halogens is 2. The van der Waals surface area contributed by atoms with Crippen molar-refractivity contribution in [1.82, 2.24) is 0 Å². The van der Waals surface area contributed by atoms with Gasteiger partial charge in [-0.25, -0.2) is 9.29 Å². The second-order valence-electron chi connectivity index (χ2n) is 6.73. The molecule has 4 nitrogen and oxygen atoms in total. The maximum atomic E-state index is 13.5.